The Balaban J connectivity index is 2.65. The molecule has 0 nitrogen and oxygen atoms in total. The van der Waals surface area contributed by atoms with Gasteiger partial charge < -0.3 is 0 Å². The van der Waals surface area contributed by atoms with Crippen LogP contribution in [-0.4, -0.2) is 12.0 Å². The maximum Gasteiger partial charge on any atom is 0.0894 e. The van der Waals surface area contributed by atoms with Crippen LogP contribution in [0.15, 0.2) is 0 Å². The molecular formula is C8H16BrF. The average Bonchev–Trinajstić information content (AvgIpc) is 1.97. The molecule has 10 heavy (non-hydrogen) atoms. The maximum absolute atomic E-state index is 11.6. The van der Waals surface area contributed by atoms with Crippen molar-refractivity contribution < 1.29 is 4.39 Å². The third kappa shape index (κ3) is 8.41. The zero-order valence-electron chi connectivity index (χ0n) is 6.41. The quantitative estimate of drug-likeness (QED) is 0.445. The van der Waals surface area contributed by atoms with Crippen molar-refractivity contribution in [1.29, 1.82) is 0 Å². The predicted octanol–water partition coefficient (Wildman–Crippen LogP) is 3.69. The van der Waals surface area contributed by atoms with E-state index in [-0.39, 0.29) is 6.67 Å². The molecule has 0 heterocycles. The van der Waals surface area contributed by atoms with Crippen LogP contribution in [0.1, 0.15) is 38.5 Å². The summed E-state index contributed by atoms with van der Waals surface area (Å²) in [7, 11) is 0. The standard InChI is InChI=1S/C8H16BrF/c9-7-5-3-1-2-4-6-8-10/h1-8H2. The molecule has 0 aliphatic rings. The lowest BCUT2D eigenvalue weighted by molar-refractivity contribution is 0.451. The van der Waals surface area contributed by atoms with Crippen molar-refractivity contribution in [1.82, 2.24) is 0 Å². The van der Waals surface area contributed by atoms with Gasteiger partial charge in [-0.25, -0.2) is 0 Å². The summed E-state index contributed by atoms with van der Waals surface area (Å²) in [5.74, 6) is 0. The Bertz CT molecular complexity index is 49.2. The highest BCUT2D eigenvalue weighted by Crippen LogP contribution is 2.06. The monoisotopic (exact) mass is 210 g/mol. The largest absolute Gasteiger partial charge is 0.251 e. The van der Waals surface area contributed by atoms with E-state index in [0.717, 1.165) is 18.2 Å². The van der Waals surface area contributed by atoms with Gasteiger partial charge in [-0.1, -0.05) is 41.6 Å². The second-order valence-corrected chi connectivity index (χ2v) is 3.29. The Hall–Kier alpha value is 0.410. The molecule has 2 heteroatoms. The molecule has 0 saturated heterocycles. The zero-order chi connectivity index (χ0) is 7.66. The number of alkyl halides is 2. The molecule has 0 spiro atoms. The van der Waals surface area contributed by atoms with E-state index in [0.29, 0.717) is 0 Å². The van der Waals surface area contributed by atoms with Crippen molar-refractivity contribution in [3.05, 3.63) is 0 Å². The number of halogens is 2. The van der Waals surface area contributed by atoms with Crippen LogP contribution in [0.4, 0.5) is 4.39 Å². The molecule has 0 radical (unpaired) electrons. The van der Waals surface area contributed by atoms with Gasteiger partial charge in [0.25, 0.3) is 0 Å². The molecule has 0 aliphatic carbocycles. The van der Waals surface area contributed by atoms with Crippen molar-refractivity contribution in [2.45, 2.75) is 38.5 Å². The number of rotatable bonds is 7. The van der Waals surface area contributed by atoms with Gasteiger partial charge in [0.2, 0.25) is 0 Å². The number of hydrogen-bond acceptors (Lipinski definition) is 0. The normalized spacial score (nSPS) is 10.2. The molecule has 0 fully saturated rings. The second-order valence-electron chi connectivity index (χ2n) is 2.50. The first kappa shape index (κ1) is 10.4. The third-order valence-electron chi connectivity index (χ3n) is 1.52. The summed E-state index contributed by atoms with van der Waals surface area (Å²) in [6.07, 6.45) is 6.85. The van der Waals surface area contributed by atoms with Crippen LogP contribution in [0.2, 0.25) is 0 Å². The van der Waals surface area contributed by atoms with Gasteiger partial charge in [0.05, 0.1) is 6.67 Å². The highest BCUT2D eigenvalue weighted by molar-refractivity contribution is 9.09. The molecule has 0 unspecified atom stereocenters. The van der Waals surface area contributed by atoms with E-state index in [1.807, 2.05) is 0 Å². The molecule has 0 bridgehead atoms. The summed E-state index contributed by atoms with van der Waals surface area (Å²) < 4.78 is 11.6. The molecule has 0 aromatic heterocycles. The smallest absolute Gasteiger partial charge is 0.0894 e. The molecule has 0 rings (SSSR count). The van der Waals surface area contributed by atoms with Crippen molar-refractivity contribution in [2.24, 2.45) is 0 Å². The molecule has 0 aromatic rings. The van der Waals surface area contributed by atoms with E-state index in [2.05, 4.69) is 15.9 Å². The van der Waals surface area contributed by atoms with Crippen LogP contribution in [0.3, 0.4) is 0 Å². The first-order valence-electron chi connectivity index (χ1n) is 4.03. The summed E-state index contributed by atoms with van der Waals surface area (Å²) >= 11 is 3.37. The second kappa shape index (κ2) is 9.41. The van der Waals surface area contributed by atoms with Gasteiger partial charge in [-0.05, 0) is 12.8 Å². The third-order valence-corrected chi connectivity index (χ3v) is 2.08. The minimum absolute atomic E-state index is 0.140. The minimum atomic E-state index is -0.140. The van der Waals surface area contributed by atoms with Crippen LogP contribution < -0.4 is 0 Å². The van der Waals surface area contributed by atoms with Crippen molar-refractivity contribution in [3.63, 3.8) is 0 Å². The predicted molar refractivity (Wildman–Crippen MR) is 47.5 cm³/mol. The Morgan fingerprint density at radius 3 is 1.80 bits per heavy atom. The first-order chi connectivity index (χ1) is 4.91. The Kier molecular flexibility index (Phi) is 9.80. The lowest BCUT2D eigenvalue weighted by atomic mass is 10.1. The SMILES string of the molecule is FCCCCCCCCBr. The fraction of sp³-hybridized carbons (Fsp3) is 1.00. The maximum atomic E-state index is 11.6. The summed E-state index contributed by atoms with van der Waals surface area (Å²) in [5, 5.41) is 1.11. The van der Waals surface area contributed by atoms with Crippen LogP contribution in [0.5, 0.6) is 0 Å². The van der Waals surface area contributed by atoms with Crippen molar-refractivity contribution in [2.75, 3.05) is 12.0 Å². The summed E-state index contributed by atoms with van der Waals surface area (Å²) in [4.78, 5) is 0. The number of unbranched alkanes of at least 4 members (excludes halogenated alkanes) is 5. The summed E-state index contributed by atoms with van der Waals surface area (Å²) in [6, 6.07) is 0. The van der Waals surface area contributed by atoms with Gasteiger partial charge in [-0.15, -0.1) is 0 Å². The average molecular weight is 211 g/mol. The van der Waals surface area contributed by atoms with Gasteiger partial charge in [-0.3, -0.25) is 4.39 Å². The zero-order valence-corrected chi connectivity index (χ0v) is 8.00. The van der Waals surface area contributed by atoms with E-state index in [1.54, 1.807) is 0 Å². The lowest BCUT2D eigenvalue weighted by Crippen LogP contribution is -1.81. The summed E-state index contributed by atoms with van der Waals surface area (Å²) in [6.45, 7) is -0.140. The highest BCUT2D eigenvalue weighted by Gasteiger charge is 1.88. The van der Waals surface area contributed by atoms with Crippen LogP contribution in [-0.2, 0) is 0 Å². The fourth-order valence-electron chi connectivity index (χ4n) is 0.896. The van der Waals surface area contributed by atoms with Crippen LogP contribution in [0, 0.1) is 0 Å². The lowest BCUT2D eigenvalue weighted by Gasteiger charge is -1.96. The Labute approximate surface area is 71.3 Å². The molecule has 62 valence electrons. The molecule has 0 aromatic carbocycles. The summed E-state index contributed by atoms with van der Waals surface area (Å²) in [5.41, 5.74) is 0. The van der Waals surface area contributed by atoms with Gasteiger partial charge in [0, 0.05) is 5.33 Å². The fourth-order valence-corrected chi connectivity index (χ4v) is 1.29. The molecule has 0 aliphatic heterocycles. The van der Waals surface area contributed by atoms with Crippen molar-refractivity contribution >= 4 is 15.9 Å². The van der Waals surface area contributed by atoms with Crippen LogP contribution in [0.25, 0.3) is 0 Å². The molecule has 0 atom stereocenters. The number of hydrogen-bond donors (Lipinski definition) is 0. The minimum Gasteiger partial charge on any atom is -0.251 e. The van der Waals surface area contributed by atoms with Gasteiger partial charge >= 0.3 is 0 Å². The molecule has 0 saturated carbocycles. The van der Waals surface area contributed by atoms with E-state index >= 15 is 0 Å². The first-order valence-corrected chi connectivity index (χ1v) is 5.16. The van der Waals surface area contributed by atoms with E-state index in [9.17, 15) is 4.39 Å². The Morgan fingerprint density at radius 2 is 1.30 bits per heavy atom. The molecular weight excluding hydrogens is 195 g/mol. The van der Waals surface area contributed by atoms with Crippen LogP contribution >= 0.6 is 15.9 Å². The molecule has 0 N–H and O–H groups in total. The molecule has 0 amide bonds. The van der Waals surface area contributed by atoms with E-state index < -0.39 is 0 Å². The van der Waals surface area contributed by atoms with Crippen molar-refractivity contribution in [3.8, 4) is 0 Å². The topological polar surface area (TPSA) is 0 Å². The van der Waals surface area contributed by atoms with Gasteiger partial charge in [0.1, 0.15) is 0 Å². The van der Waals surface area contributed by atoms with E-state index in [4.69, 9.17) is 0 Å². The van der Waals surface area contributed by atoms with E-state index in [1.165, 1.54) is 25.7 Å². The Morgan fingerprint density at radius 1 is 0.800 bits per heavy atom. The van der Waals surface area contributed by atoms with Gasteiger partial charge in [0.15, 0.2) is 0 Å². The highest BCUT2D eigenvalue weighted by atomic mass is 79.9. The van der Waals surface area contributed by atoms with Gasteiger partial charge in [-0.2, -0.15) is 0 Å².